The van der Waals surface area contributed by atoms with E-state index in [1.54, 1.807) is 36.4 Å². The molecule has 0 aliphatic carbocycles. The van der Waals surface area contributed by atoms with Gasteiger partial charge in [-0.1, -0.05) is 179 Å². The van der Waals surface area contributed by atoms with Crippen LogP contribution in [0.5, 0.6) is 0 Å². The van der Waals surface area contributed by atoms with Gasteiger partial charge in [0.1, 0.15) is 55.2 Å². The number of benzene rings is 6. The Bertz CT molecular complexity index is 3790. The first-order valence-corrected chi connectivity index (χ1v) is 33.6. The monoisotopic (exact) mass is 1500 g/mol. The molecule has 12 N–H and O–H groups in total. The maximum atomic E-state index is 12.3. The fourth-order valence-corrected chi connectivity index (χ4v) is 9.91. The van der Waals surface area contributed by atoms with Crippen molar-refractivity contribution in [2.75, 3.05) is 0 Å². The van der Waals surface area contributed by atoms with E-state index in [-0.39, 0.29) is 159 Å². The zero-order valence-corrected chi connectivity index (χ0v) is 64.2. The van der Waals surface area contributed by atoms with Crippen molar-refractivity contribution in [3.63, 3.8) is 0 Å². The smallest absolute Gasteiger partial charge is 0.790 e. The maximum Gasteiger partial charge on any atom is 1.00 e. The zero-order valence-electron chi connectivity index (χ0n) is 55.5. The molecule has 0 bridgehead atoms. The van der Waals surface area contributed by atoms with Gasteiger partial charge in [0.15, 0.2) is 17.3 Å². The molecule has 0 fully saturated rings. The van der Waals surface area contributed by atoms with Gasteiger partial charge in [0.05, 0.1) is 27.6 Å². The number of nitrogens with zero attached hydrogens (tertiary/aromatic N) is 3. The largest absolute Gasteiger partial charge is 1.00 e. The van der Waals surface area contributed by atoms with E-state index in [0.29, 0.717) is 16.7 Å². The Morgan fingerprint density at radius 1 is 0.412 bits per heavy atom. The molecule has 3 amide bonds. The van der Waals surface area contributed by atoms with Crippen LogP contribution in [-0.4, -0.2) is 80.0 Å². The topological polar surface area (TPSA) is 545 Å². The number of aliphatic hydroxyl groups is 3. The number of carbonyl (C=O) groups excluding carboxylic acids is 3. The Morgan fingerprint density at radius 2 is 0.657 bits per heavy atom. The number of amides is 3. The summed E-state index contributed by atoms with van der Waals surface area (Å²) >= 11 is 0. The zero-order chi connectivity index (χ0) is 72.2. The summed E-state index contributed by atoms with van der Waals surface area (Å²) in [6.07, 6.45) is -5.15. The van der Waals surface area contributed by atoms with E-state index in [1.165, 1.54) is 20.8 Å². The molecular weight excluding hydrogens is 1430 g/mol. The van der Waals surface area contributed by atoms with Crippen molar-refractivity contribution in [2.24, 2.45) is 0 Å². The number of hydrogen-bond acceptors (Lipinski definition) is 27. The van der Waals surface area contributed by atoms with Gasteiger partial charge >= 0.3 is 114 Å². The predicted molar refractivity (Wildman–Crippen MR) is 334 cm³/mol. The third kappa shape index (κ3) is 26.4. The van der Waals surface area contributed by atoms with Gasteiger partial charge in [0.2, 0.25) is 16.8 Å². The Morgan fingerprint density at radius 3 is 0.892 bits per heavy atom. The number of rotatable bonds is 30. The van der Waals surface area contributed by atoms with Gasteiger partial charge in [0.25, 0.3) is 7.82 Å². The van der Waals surface area contributed by atoms with Gasteiger partial charge in [-0.25, -0.2) is 18.9 Å². The molecule has 0 saturated carbocycles. The number of carbonyl (C=O) groups is 3. The summed E-state index contributed by atoms with van der Waals surface area (Å²) in [5.74, 6) is -3.53. The van der Waals surface area contributed by atoms with E-state index in [9.17, 15) is 73.7 Å². The summed E-state index contributed by atoms with van der Waals surface area (Å²) in [5.41, 5.74) is 1.63. The molecule has 9 rings (SSSR count). The molecule has 0 radical (unpaired) electrons. The molecule has 0 saturated heterocycles. The molecule has 1 unspecified atom stereocenters. The molecule has 3 heterocycles. The molecule has 102 heavy (non-hydrogen) atoms. The molecule has 7 atom stereocenters. The fraction of sp³-hybridized carbons (Fsp3) is 0.238. The van der Waals surface area contributed by atoms with Crippen molar-refractivity contribution in [2.45, 2.75) is 95.5 Å². The number of primary amides is 3. The summed E-state index contributed by atoms with van der Waals surface area (Å²) < 4.78 is 76.3. The van der Waals surface area contributed by atoms with E-state index in [1.807, 2.05) is 127 Å². The third-order valence-electron chi connectivity index (χ3n) is 14.8. The van der Waals surface area contributed by atoms with Crippen molar-refractivity contribution >= 4 is 41.2 Å². The fourth-order valence-electron chi connectivity index (χ4n) is 9.04. The first kappa shape index (κ1) is 89.2. The van der Waals surface area contributed by atoms with Gasteiger partial charge in [-0.2, -0.15) is 0 Å². The molecule has 0 aliphatic heterocycles. The number of phosphoric acid groups is 3. The Labute approximate surface area is 647 Å². The number of aromatic nitrogens is 3. The molecule has 9 aromatic rings. The molecular formula is C63H66N6Na3O27P3. The number of nitrogens with two attached hydrogens (primary N) is 3. The van der Waals surface area contributed by atoms with Crippen molar-refractivity contribution in [1.29, 1.82) is 0 Å². The van der Waals surface area contributed by atoms with Crippen LogP contribution < -0.4 is 120 Å². The first-order chi connectivity index (χ1) is 46.9. The van der Waals surface area contributed by atoms with Gasteiger partial charge in [-0.15, -0.1) is 0 Å². The number of hydrogen-bond donors (Lipinski definition) is 9. The van der Waals surface area contributed by atoms with Crippen LogP contribution in [0.3, 0.4) is 0 Å². The number of aliphatic hydroxyl groups excluding tert-OH is 3. The Balaban J connectivity index is 0.000000320. The molecule has 0 aliphatic rings. The molecule has 0 spiro atoms. The molecule has 6 aromatic carbocycles. The normalized spacial score (nSPS) is 14.6. The minimum absolute atomic E-state index is 0. The van der Waals surface area contributed by atoms with Gasteiger partial charge in [-0.05, 0) is 70.8 Å². The Kier molecular flexibility index (Phi) is 35.9. The quantitative estimate of drug-likeness (QED) is 0.0115. The van der Waals surface area contributed by atoms with Crippen LogP contribution in [0.4, 0.5) is 0 Å². The van der Waals surface area contributed by atoms with Crippen LogP contribution in [0.1, 0.15) is 90.1 Å². The van der Waals surface area contributed by atoms with E-state index in [0.717, 1.165) is 51.6 Å². The van der Waals surface area contributed by atoms with Crippen LogP contribution in [-0.2, 0) is 95.5 Å². The summed E-state index contributed by atoms with van der Waals surface area (Å²) in [6, 6.07) is 54.5. The predicted octanol–water partition coefficient (Wildman–Crippen LogP) is -6.24. The third-order valence-corrected chi connectivity index (χ3v) is 16.2. The van der Waals surface area contributed by atoms with Crippen LogP contribution in [0.15, 0.2) is 196 Å². The average Bonchev–Trinajstić information content (AvgIpc) is 1.44. The summed E-state index contributed by atoms with van der Waals surface area (Å²) in [6.45, 7) is 1.38. The van der Waals surface area contributed by atoms with Gasteiger partial charge in [-0.3, -0.25) is 9.09 Å². The Hall–Kier alpha value is -5.19. The van der Waals surface area contributed by atoms with E-state index < -0.39 is 96.1 Å². The standard InChI is InChI=1S/3C21H23N2O9P.3Na/c3*1-21(20(25)22-26,19(24)18-11-17(32-23-18)13-31-33(27,28)29)30-12-14-7-9-16(10-8-14)15-5-3-2-4-6-15;;;/h3*2-11,19,24H,12-13,22H2,1H3,(H2,27,28,29);;;/q;;;3*+1/p-3/t3*19-,21-;;;/m000.../s1. The molecule has 33 nitrogen and oxygen atoms in total. The second-order valence-electron chi connectivity index (χ2n) is 21.9. The molecule has 39 heteroatoms. The first-order valence-electron chi connectivity index (χ1n) is 29.2. The molecule has 528 valence electrons. The van der Waals surface area contributed by atoms with Crippen molar-refractivity contribution in [1.82, 2.24) is 15.5 Å². The van der Waals surface area contributed by atoms with Crippen LogP contribution in [0.25, 0.3) is 33.4 Å². The number of ether oxygens (including phenoxy) is 3. The maximum absolute atomic E-state index is 12.3. The van der Waals surface area contributed by atoms with Crippen LogP contribution >= 0.6 is 23.5 Å². The van der Waals surface area contributed by atoms with Crippen molar-refractivity contribution in [3.05, 3.63) is 249 Å². The van der Waals surface area contributed by atoms with Crippen LogP contribution in [0.2, 0.25) is 0 Å². The molecule has 3 aromatic heterocycles. The minimum atomic E-state index is -5.24. The summed E-state index contributed by atoms with van der Waals surface area (Å²) in [5, 5.41) is 76.5. The van der Waals surface area contributed by atoms with Gasteiger partial charge < -0.3 is 118 Å². The van der Waals surface area contributed by atoms with Crippen LogP contribution in [0, 0.1) is 15.6 Å². The van der Waals surface area contributed by atoms with E-state index in [2.05, 4.69) is 29.0 Å². The number of phosphoric ester groups is 3. The SMILES string of the molecule is C[C@@](OCc1ccc(-c2ccccc2)cc1)(C(=O)[NH2+][O-])[C@@H](O)c1cc(COP(=O)(O)O)on1.C[C@@](OCc1ccc(-c2ccccc2)cc1)(C(=O)[NH2+][O-])[C@@H](O)c1cc(COP(=O)([O-])O)on1.C[C@@](OCc1ccc(-c2ccccc2)cc1)(C(=O)[NH2+][O-])[C@@H](O)c1cc(COP(=O)([O-])[O-])on1.[Na+].[Na+].[Na+]. The second-order valence-corrected chi connectivity index (χ2v) is 25.5. The second kappa shape index (κ2) is 41.1. The van der Waals surface area contributed by atoms with Gasteiger partial charge in [0, 0.05) is 18.2 Å². The average molecular weight is 1500 g/mol. The van der Waals surface area contributed by atoms with Crippen molar-refractivity contribution < 1.29 is 219 Å². The number of hydroxylamine groups is 3. The van der Waals surface area contributed by atoms with E-state index in [4.69, 9.17) is 42.5 Å². The summed E-state index contributed by atoms with van der Waals surface area (Å²) in [4.78, 5) is 95.0. The van der Waals surface area contributed by atoms with Crippen molar-refractivity contribution in [3.8, 4) is 33.4 Å². The number of quaternary nitrogens is 3. The van der Waals surface area contributed by atoms with E-state index >= 15 is 0 Å². The summed E-state index contributed by atoms with van der Waals surface area (Å²) in [7, 11) is -15.0. The minimum Gasteiger partial charge on any atom is -0.790 e.